The molecule has 0 saturated carbocycles. The first-order valence-electron chi connectivity index (χ1n) is 8.19. The lowest BCUT2D eigenvalue weighted by atomic mass is 10.0. The molecular formula is C21H17NO4. The van der Waals surface area contributed by atoms with Crippen molar-refractivity contribution in [3.8, 4) is 28.4 Å². The van der Waals surface area contributed by atoms with Crippen molar-refractivity contribution in [2.45, 2.75) is 0 Å². The van der Waals surface area contributed by atoms with Gasteiger partial charge in [0.05, 0.1) is 18.5 Å². The van der Waals surface area contributed by atoms with Crippen molar-refractivity contribution in [2.24, 2.45) is 0 Å². The minimum atomic E-state index is -0.145. The second-order valence-corrected chi connectivity index (χ2v) is 5.95. The van der Waals surface area contributed by atoms with Crippen LogP contribution in [0.3, 0.4) is 0 Å². The summed E-state index contributed by atoms with van der Waals surface area (Å²) < 4.78 is 10.9. The van der Waals surface area contributed by atoms with Gasteiger partial charge in [-0.2, -0.15) is 0 Å². The molecule has 1 aliphatic heterocycles. The minimum absolute atomic E-state index is 0.0111. The highest BCUT2D eigenvalue weighted by Gasteiger charge is 2.27. The zero-order valence-electron chi connectivity index (χ0n) is 14.2. The molecule has 5 heteroatoms. The van der Waals surface area contributed by atoms with Gasteiger partial charge in [0, 0.05) is 6.07 Å². The summed E-state index contributed by atoms with van der Waals surface area (Å²) >= 11 is 0. The van der Waals surface area contributed by atoms with Gasteiger partial charge in [-0.05, 0) is 47.5 Å². The van der Waals surface area contributed by atoms with E-state index in [0.717, 1.165) is 16.8 Å². The molecule has 0 bridgehead atoms. The van der Waals surface area contributed by atoms with Gasteiger partial charge in [-0.15, -0.1) is 0 Å². The van der Waals surface area contributed by atoms with Crippen LogP contribution in [-0.4, -0.2) is 24.7 Å². The van der Waals surface area contributed by atoms with Crippen molar-refractivity contribution in [1.82, 2.24) is 0 Å². The molecule has 1 heterocycles. The maximum absolute atomic E-state index is 12.6. The van der Waals surface area contributed by atoms with Crippen LogP contribution in [-0.2, 0) is 4.79 Å². The average molecular weight is 347 g/mol. The number of carbonyl (C=O) groups excluding carboxylic acids is 1. The smallest absolute Gasteiger partial charge is 0.269 e. The van der Waals surface area contributed by atoms with Crippen LogP contribution in [0.5, 0.6) is 17.2 Å². The van der Waals surface area contributed by atoms with E-state index in [9.17, 15) is 9.90 Å². The first-order chi connectivity index (χ1) is 12.7. The highest BCUT2D eigenvalue weighted by Crippen LogP contribution is 2.40. The zero-order chi connectivity index (χ0) is 18.1. The van der Waals surface area contributed by atoms with Gasteiger partial charge in [0.15, 0.2) is 6.61 Å². The van der Waals surface area contributed by atoms with Gasteiger partial charge in [0.2, 0.25) is 0 Å². The van der Waals surface area contributed by atoms with E-state index in [4.69, 9.17) is 9.47 Å². The van der Waals surface area contributed by atoms with Crippen LogP contribution in [0.15, 0.2) is 66.7 Å². The van der Waals surface area contributed by atoms with Crippen molar-refractivity contribution in [3.05, 3.63) is 66.7 Å². The molecule has 3 aromatic rings. The Kier molecular flexibility index (Phi) is 3.97. The number of fused-ring (bicyclic) bond motifs is 1. The van der Waals surface area contributed by atoms with Crippen LogP contribution in [0.1, 0.15) is 0 Å². The Balaban J connectivity index is 1.82. The van der Waals surface area contributed by atoms with Crippen molar-refractivity contribution in [3.63, 3.8) is 0 Å². The Morgan fingerprint density at radius 1 is 1.00 bits per heavy atom. The molecule has 0 aliphatic carbocycles. The third kappa shape index (κ3) is 2.84. The van der Waals surface area contributed by atoms with Gasteiger partial charge in [0.1, 0.15) is 17.2 Å². The van der Waals surface area contributed by atoms with Gasteiger partial charge < -0.3 is 14.6 Å². The van der Waals surface area contributed by atoms with E-state index in [-0.39, 0.29) is 18.3 Å². The number of ether oxygens (including phenoxy) is 2. The molecule has 130 valence electrons. The summed E-state index contributed by atoms with van der Waals surface area (Å²) in [5.74, 6) is 1.39. The van der Waals surface area contributed by atoms with Crippen molar-refractivity contribution >= 4 is 17.3 Å². The molecule has 1 amide bonds. The molecule has 26 heavy (non-hydrogen) atoms. The SMILES string of the molecule is COc1cccc(N2C(=O)COc3ccc(-c4ccc(O)cc4)cc32)c1. The second kappa shape index (κ2) is 6.44. The molecular weight excluding hydrogens is 330 g/mol. The molecule has 1 aliphatic rings. The maximum Gasteiger partial charge on any atom is 0.269 e. The van der Waals surface area contributed by atoms with E-state index < -0.39 is 0 Å². The van der Waals surface area contributed by atoms with Gasteiger partial charge in [0.25, 0.3) is 5.91 Å². The fraction of sp³-hybridized carbons (Fsp3) is 0.0952. The molecule has 0 radical (unpaired) electrons. The zero-order valence-corrected chi connectivity index (χ0v) is 14.2. The number of phenols is 1. The second-order valence-electron chi connectivity index (χ2n) is 5.95. The van der Waals surface area contributed by atoms with Gasteiger partial charge in [-0.25, -0.2) is 0 Å². The van der Waals surface area contributed by atoms with Gasteiger partial charge in [-0.1, -0.05) is 24.3 Å². The Hall–Kier alpha value is -3.47. The first-order valence-corrected chi connectivity index (χ1v) is 8.19. The molecule has 5 nitrogen and oxygen atoms in total. The largest absolute Gasteiger partial charge is 0.508 e. The van der Waals surface area contributed by atoms with Gasteiger partial charge >= 0.3 is 0 Å². The molecule has 4 rings (SSSR count). The number of anilines is 2. The van der Waals surface area contributed by atoms with Crippen molar-refractivity contribution in [1.29, 1.82) is 0 Å². The summed E-state index contributed by atoms with van der Waals surface area (Å²) in [4.78, 5) is 14.2. The van der Waals surface area contributed by atoms with Crippen LogP contribution in [0.2, 0.25) is 0 Å². The number of nitrogens with zero attached hydrogens (tertiary/aromatic N) is 1. The number of amides is 1. The third-order valence-electron chi connectivity index (χ3n) is 4.31. The Morgan fingerprint density at radius 3 is 2.54 bits per heavy atom. The van der Waals surface area contributed by atoms with Crippen LogP contribution in [0.25, 0.3) is 11.1 Å². The fourth-order valence-corrected chi connectivity index (χ4v) is 3.02. The molecule has 0 atom stereocenters. The molecule has 0 spiro atoms. The van der Waals surface area contributed by atoms with E-state index in [1.807, 2.05) is 54.6 Å². The number of rotatable bonds is 3. The number of carbonyl (C=O) groups is 1. The normalized spacial score (nSPS) is 13.1. The number of aromatic hydroxyl groups is 1. The molecule has 0 aromatic heterocycles. The predicted molar refractivity (Wildman–Crippen MR) is 99.2 cm³/mol. The molecule has 1 N–H and O–H groups in total. The van der Waals surface area contributed by atoms with Crippen molar-refractivity contribution in [2.75, 3.05) is 18.6 Å². The molecule has 0 unspecified atom stereocenters. The average Bonchev–Trinajstić information content (AvgIpc) is 2.68. The summed E-state index contributed by atoms with van der Waals surface area (Å²) in [5.41, 5.74) is 3.27. The van der Waals surface area contributed by atoms with Crippen molar-refractivity contribution < 1.29 is 19.4 Å². The number of methoxy groups -OCH3 is 1. The lowest BCUT2D eigenvalue weighted by Gasteiger charge is -2.30. The maximum atomic E-state index is 12.6. The summed E-state index contributed by atoms with van der Waals surface area (Å²) in [5, 5.41) is 9.49. The van der Waals surface area contributed by atoms with E-state index in [0.29, 0.717) is 17.2 Å². The first kappa shape index (κ1) is 16.0. The van der Waals surface area contributed by atoms with Crippen LogP contribution >= 0.6 is 0 Å². The number of hydrogen-bond acceptors (Lipinski definition) is 4. The van der Waals surface area contributed by atoms with E-state index in [1.165, 1.54) is 0 Å². The standard InChI is InChI=1S/C21H17NO4/c1-25-18-4-2-3-16(12-18)22-19-11-15(14-5-8-17(23)9-6-14)7-10-20(19)26-13-21(22)24/h2-12,23H,13H2,1H3. The fourth-order valence-electron chi connectivity index (χ4n) is 3.02. The highest BCUT2D eigenvalue weighted by molar-refractivity contribution is 6.05. The predicted octanol–water partition coefficient (Wildman–Crippen LogP) is 4.12. The Morgan fingerprint density at radius 2 is 1.77 bits per heavy atom. The lowest BCUT2D eigenvalue weighted by molar-refractivity contribution is -0.120. The third-order valence-corrected chi connectivity index (χ3v) is 4.31. The van der Waals surface area contributed by atoms with E-state index >= 15 is 0 Å². The highest BCUT2D eigenvalue weighted by atomic mass is 16.5. The number of phenolic OH excluding ortho intramolecular Hbond substituents is 1. The Labute approximate surface area is 151 Å². The molecule has 0 saturated heterocycles. The molecule has 3 aromatic carbocycles. The summed E-state index contributed by atoms with van der Waals surface area (Å²) in [7, 11) is 1.59. The molecule has 0 fully saturated rings. The number of hydrogen-bond donors (Lipinski definition) is 1. The summed E-state index contributed by atoms with van der Waals surface area (Å²) in [6.45, 7) is -0.0111. The Bertz CT molecular complexity index is 966. The van der Waals surface area contributed by atoms with E-state index in [2.05, 4.69) is 0 Å². The van der Waals surface area contributed by atoms with E-state index in [1.54, 1.807) is 24.1 Å². The van der Waals surface area contributed by atoms with Crippen LogP contribution in [0.4, 0.5) is 11.4 Å². The monoisotopic (exact) mass is 347 g/mol. The summed E-state index contributed by atoms with van der Waals surface area (Å²) in [6, 6.07) is 20.0. The minimum Gasteiger partial charge on any atom is -0.508 e. The van der Waals surface area contributed by atoms with Gasteiger partial charge in [-0.3, -0.25) is 9.69 Å². The topological polar surface area (TPSA) is 59.0 Å². The summed E-state index contributed by atoms with van der Waals surface area (Å²) in [6.07, 6.45) is 0. The van der Waals surface area contributed by atoms with Crippen LogP contribution < -0.4 is 14.4 Å². The lowest BCUT2D eigenvalue weighted by Crippen LogP contribution is -2.35. The quantitative estimate of drug-likeness (QED) is 0.774. The number of benzene rings is 3. The van der Waals surface area contributed by atoms with Crippen LogP contribution in [0, 0.1) is 0 Å².